The fourth-order valence-corrected chi connectivity index (χ4v) is 5.07. The number of phenolic OH excluding ortho intramolecular Hbond substituents is 1. The normalized spacial score (nSPS) is 16.2. The van der Waals surface area contributed by atoms with Gasteiger partial charge in [-0.15, -0.1) is 0 Å². The second-order valence-electron chi connectivity index (χ2n) is 10.8. The summed E-state index contributed by atoms with van der Waals surface area (Å²) < 4.78 is 22.7. The van der Waals surface area contributed by atoms with Crippen LogP contribution in [0.1, 0.15) is 35.1 Å². The van der Waals surface area contributed by atoms with Gasteiger partial charge in [0.2, 0.25) is 11.8 Å². The van der Waals surface area contributed by atoms with Crippen LogP contribution in [0.15, 0.2) is 84.9 Å². The molecule has 9 nitrogen and oxygen atoms in total. The van der Waals surface area contributed by atoms with Crippen molar-refractivity contribution in [1.29, 1.82) is 0 Å². The van der Waals surface area contributed by atoms with Gasteiger partial charge >= 0.3 is 0 Å². The zero-order valence-electron chi connectivity index (χ0n) is 24.2. The molecule has 0 spiro atoms. The number of ether oxygens (including phenoxy) is 4. The van der Waals surface area contributed by atoms with Crippen molar-refractivity contribution in [2.24, 2.45) is 0 Å². The molecule has 1 fully saturated rings. The maximum Gasteiger partial charge on any atom is 0.224 e. The van der Waals surface area contributed by atoms with E-state index < -0.39 is 0 Å². The topological polar surface area (TPSA) is 119 Å². The molecule has 3 aliphatic heterocycles. The molecule has 3 heterocycles. The van der Waals surface area contributed by atoms with Crippen molar-refractivity contribution in [3.8, 4) is 23.0 Å². The van der Waals surface area contributed by atoms with Gasteiger partial charge < -0.3 is 34.7 Å². The van der Waals surface area contributed by atoms with Gasteiger partial charge in [0.1, 0.15) is 48.9 Å². The summed E-state index contributed by atoms with van der Waals surface area (Å²) in [5.41, 5.74) is 5.21. The molecule has 4 aromatic carbocycles. The number of aromatic hydroxyl groups is 1. The lowest BCUT2D eigenvalue weighted by Gasteiger charge is -2.23. The van der Waals surface area contributed by atoms with Crippen molar-refractivity contribution in [3.05, 3.63) is 107 Å². The van der Waals surface area contributed by atoms with E-state index in [-0.39, 0.29) is 23.7 Å². The average molecular weight is 595 g/mol. The number of carbonyl (C=O) groups excluding carboxylic acids is 2. The third kappa shape index (κ3) is 7.30. The summed E-state index contributed by atoms with van der Waals surface area (Å²) in [5.74, 6) is 2.23. The molecule has 44 heavy (non-hydrogen) atoms. The molecule has 0 radical (unpaired) electrons. The Labute approximate surface area is 255 Å². The van der Waals surface area contributed by atoms with Crippen LogP contribution in [0, 0.1) is 0 Å². The minimum absolute atomic E-state index is 0.00902. The first-order chi connectivity index (χ1) is 21.5. The summed E-state index contributed by atoms with van der Waals surface area (Å²) in [6, 6.07) is 26.8. The number of hydrogen-bond acceptors (Lipinski definition) is 7. The van der Waals surface area contributed by atoms with E-state index in [9.17, 15) is 14.7 Å². The molecule has 1 saturated heterocycles. The number of anilines is 2. The lowest BCUT2D eigenvalue weighted by atomic mass is 10.0. The molecule has 0 bridgehead atoms. The number of hydrogen-bond donors (Lipinski definition) is 3. The maximum absolute atomic E-state index is 11.8. The van der Waals surface area contributed by atoms with Gasteiger partial charge in [0.25, 0.3) is 0 Å². The molecule has 0 aromatic heterocycles. The number of benzene rings is 4. The van der Waals surface area contributed by atoms with E-state index in [1.54, 1.807) is 12.1 Å². The number of epoxide rings is 1. The standard InChI is InChI=1S/C19H19NO4.C16H15NO3/c21-18-9-6-15-16(24-12-14-11-22-14)7-8-17(19(15)20-18)23-10-13-4-2-1-3-5-13;18-13-7-8-14(16-12(13)6-9-15(19)17-16)20-10-11-4-2-1-3-5-11/h1-5,7-8,14H,6,9-12H2,(H,20,21);1-5,7-8,18H,6,9-10H2,(H,17,19). The number of nitrogens with one attached hydrogen (secondary N) is 2. The lowest BCUT2D eigenvalue weighted by Crippen LogP contribution is -2.21. The predicted octanol–water partition coefficient (Wildman–Crippen LogP) is 5.78. The number of fused-ring (bicyclic) bond motifs is 2. The largest absolute Gasteiger partial charge is 0.508 e. The Morgan fingerprint density at radius 2 is 1.14 bits per heavy atom. The van der Waals surface area contributed by atoms with Crippen LogP contribution in [-0.2, 0) is 40.4 Å². The molecule has 1 unspecified atom stereocenters. The summed E-state index contributed by atoms with van der Waals surface area (Å²) in [4.78, 5) is 23.3. The van der Waals surface area contributed by atoms with Crippen molar-refractivity contribution >= 4 is 23.2 Å². The van der Waals surface area contributed by atoms with Crippen LogP contribution >= 0.6 is 0 Å². The van der Waals surface area contributed by atoms with Crippen LogP contribution < -0.4 is 24.8 Å². The minimum atomic E-state index is -0.0485. The van der Waals surface area contributed by atoms with Gasteiger partial charge in [-0.3, -0.25) is 9.59 Å². The van der Waals surface area contributed by atoms with Gasteiger partial charge in [0.15, 0.2) is 0 Å². The molecule has 3 aliphatic rings. The molecular formula is C35H34N2O7. The van der Waals surface area contributed by atoms with Gasteiger partial charge in [-0.05, 0) is 48.2 Å². The van der Waals surface area contributed by atoms with Crippen molar-refractivity contribution < 1.29 is 33.6 Å². The number of carbonyl (C=O) groups is 2. The van der Waals surface area contributed by atoms with Crippen LogP contribution in [0.25, 0.3) is 0 Å². The predicted molar refractivity (Wildman–Crippen MR) is 165 cm³/mol. The molecule has 7 rings (SSSR count). The summed E-state index contributed by atoms with van der Waals surface area (Å²) in [7, 11) is 0. The van der Waals surface area contributed by atoms with Crippen LogP contribution in [0.5, 0.6) is 23.0 Å². The van der Waals surface area contributed by atoms with E-state index in [1.807, 2.05) is 72.8 Å². The Kier molecular flexibility index (Phi) is 8.93. The van der Waals surface area contributed by atoms with Crippen LogP contribution in [0.3, 0.4) is 0 Å². The van der Waals surface area contributed by atoms with E-state index in [0.29, 0.717) is 62.7 Å². The Bertz CT molecular complexity index is 1620. The summed E-state index contributed by atoms with van der Waals surface area (Å²) in [5, 5.41) is 15.6. The second kappa shape index (κ2) is 13.5. The van der Waals surface area contributed by atoms with Crippen LogP contribution in [0.4, 0.5) is 11.4 Å². The van der Waals surface area contributed by atoms with E-state index >= 15 is 0 Å². The third-order valence-electron chi connectivity index (χ3n) is 7.52. The highest BCUT2D eigenvalue weighted by Crippen LogP contribution is 2.40. The van der Waals surface area contributed by atoms with Gasteiger partial charge in [-0.1, -0.05) is 60.7 Å². The molecule has 226 valence electrons. The highest BCUT2D eigenvalue weighted by Gasteiger charge is 2.27. The second-order valence-corrected chi connectivity index (χ2v) is 10.8. The first kappa shape index (κ1) is 29.1. The molecule has 1 atom stereocenters. The third-order valence-corrected chi connectivity index (χ3v) is 7.52. The SMILES string of the molecule is O=C1CCc2c(O)ccc(OCc3ccccc3)c2N1.O=C1CCc2c(OCC3CO3)ccc(OCc3ccccc3)c2N1. The van der Waals surface area contributed by atoms with Crippen LogP contribution in [-0.4, -0.2) is 36.2 Å². The molecule has 0 saturated carbocycles. The monoisotopic (exact) mass is 594 g/mol. The lowest BCUT2D eigenvalue weighted by molar-refractivity contribution is -0.117. The van der Waals surface area contributed by atoms with Gasteiger partial charge in [0, 0.05) is 24.0 Å². The first-order valence-corrected chi connectivity index (χ1v) is 14.7. The smallest absolute Gasteiger partial charge is 0.224 e. The average Bonchev–Trinajstić information content (AvgIpc) is 3.89. The Hall–Kier alpha value is -5.02. The molecule has 4 aromatic rings. The Balaban J connectivity index is 0.000000159. The van der Waals surface area contributed by atoms with Gasteiger partial charge in [-0.2, -0.15) is 0 Å². The van der Waals surface area contributed by atoms with E-state index in [1.165, 1.54) is 0 Å². The Morgan fingerprint density at radius 1 is 0.636 bits per heavy atom. The highest BCUT2D eigenvalue weighted by molar-refractivity contribution is 5.97. The molecule has 2 amide bonds. The molecule has 3 N–H and O–H groups in total. The van der Waals surface area contributed by atoms with E-state index in [4.69, 9.17) is 18.9 Å². The van der Waals surface area contributed by atoms with E-state index in [0.717, 1.165) is 40.3 Å². The zero-order chi connectivity index (χ0) is 30.3. The number of amides is 2. The van der Waals surface area contributed by atoms with Gasteiger partial charge in [-0.25, -0.2) is 0 Å². The summed E-state index contributed by atoms with van der Waals surface area (Å²) in [6.07, 6.45) is 2.25. The summed E-state index contributed by atoms with van der Waals surface area (Å²) >= 11 is 0. The van der Waals surface area contributed by atoms with Crippen molar-refractivity contribution in [2.45, 2.75) is 45.0 Å². The van der Waals surface area contributed by atoms with Crippen molar-refractivity contribution in [2.75, 3.05) is 23.8 Å². The van der Waals surface area contributed by atoms with Crippen LogP contribution in [0.2, 0.25) is 0 Å². The van der Waals surface area contributed by atoms with Crippen molar-refractivity contribution in [3.63, 3.8) is 0 Å². The van der Waals surface area contributed by atoms with Crippen molar-refractivity contribution in [1.82, 2.24) is 0 Å². The number of phenols is 1. The fourth-order valence-electron chi connectivity index (χ4n) is 5.07. The fraction of sp³-hybridized carbons (Fsp3) is 0.257. The maximum atomic E-state index is 11.8. The highest BCUT2D eigenvalue weighted by atomic mass is 16.6. The minimum Gasteiger partial charge on any atom is -0.508 e. The molecular weight excluding hydrogens is 560 g/mol. The Morgan fingerprint density at radius 3 is 1.70 bits per heavy atom. The van der Waals surface area contributed by atoms with E-state index in [2.05, 4.69) is 10.6 Å². The summed E-state index contributed by atoms with van der Waals surface area (Å²) in [6.45, 7) is 2.19. The molecule has 0 aliphatic carbocycles. The molecule has 9 heteroatoms. The first-order valence-electron chi connectivity index (χ1n) is 14.7. The number of rotatable bonds is 9. The zero-order valence-corrected chi connectivity index (χ0v) is 24.2. The quantitative estimate of drug-likeness (QED) is 0.210. The van der Waals surface area contributed by atoms with Gasteiger partial charge in [0.05, 0.1) is 18.0 Å².